The number of nitrogens with two attached hydrogens (primary N) is 1. The standard InChI is InChI=1S/C13H16N4S/c14-11-3-5-17(6-4-11)13-15-8-10(9-16-13)12-2-1-7-18-12/h1-2,7-9,11H,3-6,14H2. The number of rotatable bonds is 2. The molecule has 0 aromatic carbocycles. The van der Waals surface area contributed by atoms with E-state index in [-0.39, 0.29) is 0 Å². The molecule has 0 saturated carbocycles. The lowest BCUT2D eigenvalue weighted by Gasteiger charge is -2.30. The van der Waals surface area contributed by atoms with Crippen molar-refractivity contribution in [1.82, 2.24) is 9.97 Å². The normalized spacial score (nSPS) is 17.1. The summed E-state index contributed by atoms with van der Waals surface area (Å²) in [6.45, 7) is 1.92. The van der Waals surface area contributed by atoms with Crippen LogP contribution in [0.1, 0.15) is 12.8 Å². The summed E-state index contributed by atoms with van der Waals surface area (Å²) in [5.74, 6) is 0.821. The van der Waals surface area contributed by atoms with Gasteiger partial charge >= 0.3 is 0 Å². The van der Waals surface area contributed by atoms with Gasteiger partial charge in [0, 0.05) is 42.0 Å². The van der Waals surface area contributed by atoms with Crippen LogP contribution in [0.4, 0.5) is 5.95 Å². The summed E-state index contributed by atoms with van der Waals surface area (Å²) in [5, 5.41) is 2.06. The Hall–Kier alpha value is -1.46. The van der Waals surface area contributed by atoms with Crippen LogP contribution in [-0.2, 0) is 0 Å². The molecule has 1 aliphatic heterocycles. The fourth-order valence-corrected chi connectivity index (χ4v) is 2.86. The van der Waals surface area contributed by atoms with E-state index in [1.807, 2.05) is 18.5 Å². The van der Waals surface area contributed by atoms with Crippen LogP contribution >= 0.6 is 11.3 Å². The lowest BCUT2D eigenvalue weighted by Crippen LogP contribution is -2.40. The van der Waals surface area contributed by atoms with E-state index in [0.717, 1.165) is 37.4 Å². The molecular weight excluding hydrogens is 244 g/mol. The van der Waals surface area contributed by atoms with E-state index in [1.165, 1.54) is 4.88 Å². The van der Waals surface area contributed by atoms with Gasteiger partial charge in [-0.05, 0) is 24.3 Å². The molecule has 0 amide bonds. The molecule has 3 rings (SSSR count). The van der Waals surface area contributed by atoms with Gasteiger partial charge in [-0.25, -0.2) is 9.97 Å². The number of aromatic nitrogens is 2. The first kappa shape index (κ1) is 11.6. The molecule has 0 atom stereocenters. The Morgan fingerprint density at radius 1 is 1.22 bits per heavy atom. The van der Waals surface area contributed by atoms with Crippen molar-refractivity contribution in [3.63, 3.8) is 0 Å². The highest BCUT2D eigenvalue weighted by molar-refractivity contribution is 7.13. The van der Waals surface area contributed by atoms with Gasteiger partial charge in [0.1, 0.15) is 0 Å². The third-order valence-corrected chi connectivity index (χ3v) is 4.19. The lowest BCUT2D eigenvalue weighted by molar-refractivity contribution is 0.495. The molecule has 1 saturated heterocycles. The molecule has 0 spiro atoms. The molecule has 0 aliphatic carbocycles. The van der Waals surface area contributed by atoms with Crippen molar-refractivity contribution in [3.05, 3.63) is 29.9 Å². The predicted molar refractivity (Wildman–Crippen MR) is 74.8 cm³/mol. The van der Waals surface area contributed by atoms with E-state index in [4.69, 9.17) is 5.73 Å². The highest BCUT2D eigenvalue weighted by Gasteiger charge is 2.18. The molecule has 1 fully saturated rings. The van der Waals surface area contributed by atoms with Crippen molar-refractivity contribution in [1.29, 1.82) is 0 Å². The van der Waals surface area contributed by atoms with Gasteiger partial charge in [-0.15, -0.1) is 11.3 Å². The van der Waals surface area contributed by atoms with Crippen LogP contribution in [-0.4, -0.2) is 29.1 Å². The van der Waals surface area contributed by atoms with Gasteiger partial charge in [-0.1, -0.05) is 6.07 Å². The van der Waals surface area contributed by atoms with E-state index in [0.29, 0.717) is 6.04 Å². The minimum Gasteiger partial charge on any atom is -0.341 e. The number of nitrogens with zero attached hydrogens (tertiary/aromatic N) is 3. The molecule has 0 radical (unpaired) electrons. The Morgan fingerprint density at radius 3 is 2.56 bits per heavy atom. The van der Waals surface area contributed by atoms with E-state index < -0.39 is 0 Å². The zero-order valence-corrected chi connectivity index (χ0v) is 10.9. The first-order valence-corrected chi connectivity index (χ1v) is 7.07. The van der Waals surface area contributed by atoms with Crippen LogP contribution < -0.4 is 10.6 Å². The summed E-state index contributed by atoms with van der Waals surface area (Å²) in [6.07, 6.45) is 5.86. The summed E-state index contributed by atoms with van der Waals surface area (Å²) in [5.41, 5.74) is 6.98. The summed E-state index contributed by atoms with van der Waals surface area (Å²) in [6, 6.07) is 4.47. The smallest absolute Gasteiger partial charge is 0.225 e. The van der Waals surface area contributed by atoms with Crippen LogP contribution in [0.2, 0.25) is 0 Å². The summed E-state index contributed by atoms with van der Waals surface area (Å²) < 4.78 is 0. The SMILES string of the molecule is NC1CCN(c2ncc(-c3cccs3)cn2)CC1. The van der Waals surface area contributed by atoms with Gasteiger partial charge in [0.05, 0.1) is 0 Å². The van der Waals surface area contributed by atoms with Crippen molar-refractivity contribution in [2.45, 2.75) is 18.9 Å². The Balaban J connectivity index is 1.75. The summed E-state index contributed by atoms with van der Waals surface area (Å²) >= 11 is 1.71. The molecule has 0 unspecified atom stereocenters. The van der Waals surface area contributed by atoms with Crippen LogP contribution in [0, 0.1) is 0 Å². The average molecular weight is 260 g/mol. The van der Waals surface area contributed by atoms with E-state index >= 15 is 0 Å². The van der Waals surface area contributed by atoms with E-state index in [9.17, 15) is 0 Å². The van der Waals surface area contributed by atoms with Gasteiger partial charge < -0.3 is 10.6 Å². The number of thiophene rings is 1. The zero-order chi connectivity index (χ0) is 12.4. The summed E-state index contributed by atoms with van der Waals surface area (Å²) in [7, 11) is 0. The molecule has 18 heavy (non-hydrogen) atoms. The molecule has 94 valence electrons. The van der Waals surface area contributed by atoms with E-state index in [1.54, 1.807) is 11.3 Å². The fraction of sp³-hybridized carbons (Fsp3) is 0.385. The number of anilines is 1. The third kappa shape index (κ3) is 2.37. The quantitative estimate of drug-likeness (QED) is 0.898. The van der Waals surface area contributed by atoms with Gasteiger partial charge in [-0.2, -0.15) is 0 Å². The zero-order valence-electron chi connectivity index (χ0n) is 10.1. The molecule has 3 heterocycles. The van der Waals surface area contributed by atoms with Crippen molar-refractivity contribution in [3.8, 4) is 10.4 Å². The van der Waals surface area contributed by atoms with Crippen LogP contribution in [0.15, 0.2) is 29.9 Å². The monoisotopic (exact) mass is 260 g/mol. The number of piperidine rings is 1. The minimum absolute atomic E-state index is 0.339. The maximum atomic E-state index is 5.90. The fourth-order valence-electron chi connectivity index (χ4n) is 2.15. The minimum atomic E-state index is 0.339. The second-order valence-electron chi connectivity index (χ2n) is 4.57. The maximum absolute atomic E-state index is 5.90. The highest BCUT2D eigenvalue weighted by atomic mass is 32.1. The Morgan fingerprint density at radius 2 is 1.94 bits per heavy atom. The first-order valence-electron chi connectivity index (χ1n) is 6.19. The molecular formula is C13H16N4S. The van der Waals surface area contributed by atoms with Crippen LogP contribution in [0.3, 0.4) is 0 Å². The lowest BCUT2D eigenvalue weighted by atomic mass is 10.1. The molecule has 2 N–H and O–H groups in total. The molecule has 2 aromatic rings. The van der Waals surface area contributed by atoms with Gasteiger partial charge in [0.2, 0.25) is 5.95 Å². The Kier molecular flexibility index (Phi) is 3.25. The summed E-state index contributed by atoms with van der Waals surface area (Å²) in [4.78, 5) is 12.3. The Labute approximate surface area is 110 Å². The van der Waals surface area contributed by atoms with Crippen molar-refractivity contribution in [2.75, 3.05) is 18.0 Å². The van der Waals surface area contributed by atoms with Crippen molar-refractivity contribution < 1.29 is 0 Å². The molecule has 0 bridgehead atoms. The molecule has 1 aliphatic rings. The topological polar surface area (TPSA) is 55.0 Å². The first-order chi connectivity index (χ1) is 8.83. The molecule has 5 heteroatoms. The predicted octanol–water partition coefficient (Wildman–Crippen LogP) is 2.13. The second-order valence-corrected chi connectivity index (χ2v) is 5.52. The van der Waals surface area contributed by atoms with Crippen molar-refractivity contribution in [2.24, 2.45) is 5.73 Å². The van der Waals surface area contributed by atoms with Gasteiger partial charge in [-0.3, -0.25) is 0 Å². The molecule has 4 nitrogen and oxygen atoms in total. The number of hydrogen-bond acceptors (Lipinski definition) is 5. The maximum Gasteiger partial charge on any atom is 0.225 e. The third-order valence-electron chi connectivity index (χ3n) is 3.27. The van der Waals surface area contributed by atoms with E-state index in [2.05, 4.69) is 26.3 Å². The van der Waals surface area contributed by atoms with Gasteiger partial charge in [0.25, 0.3) is 0 Å². The molecule has 2 aromatic heterocycles. The highest BCUT2D eigenvalue weighted by Crippen LogP contribution is 2.24. The van der Waals surface area contributed by atoms with Crippen molar-refractivity contribution >= 4 is 17.3 Å². The largest absolute Gasteiger partial charge is 0.341 e. The van der Waals surface area contributed by atoms with Crippen LogP contribution in [0.25, 0.3) is 10.4 Å². The van der Waals surface area contributed by atoms with Crippen LogP contribution in [0.5, 0.6) is 0 Å². The average Bonchev–Trinajstić information content (AvgIpc) is 2.94. The Bertz CT molecular complexity index is 486. The number of hydrogen-bond donors (Lipinski definition) is 1. The van der Waals surface area contributed by atoms with Gasteiger partial charge in [0.15, 0.2) is 0 Å². The second kappa shape index (κ2) is 5.04.